The van der Waals surface area contributed by atoms with E-state index in [-0.39, 0.29) is 38.1 Å². The maximum Gasteiger partial charge on any atom is 0.407 e. The second kappa shape index (κ2) is 9.40. The number of alkyl carbamates (subject to hydrolysis) is 1. The monoisotopic (exact) mass is 438 g/mol. The van der Waals surface area contributed by atoms with Crippen LogP contribution in [0.1, 0.15) is 36.3 Å². The summed E-state index contributed by atoms with van der Waals surface area (Å²) in [6.07, 6.45) is -0.519. The smallest absolute Gasteiger partial charge is 0.407 e. The summed E-state index contributed by atoms with van der Waals surface area (Å²) in [6.45, 7) is -0.382. The van der Waals surface area contributed by atoms with Crippen LogP contribution in [0.3, 0.4) is 0 Å². The van der Waals surface area contributed by atoms with Gasteiger partial charge in [0.2, 0.25) is 5.91 Å². The number of aliphatic hydroxyl groups is 1. The molecule has 2 aliphatic rings. The SMILES string of the molecule is O=C(O)CN(C(=O)CC(O)CNC(=O)OCC1c2ccccc2-c2ccccc21)C1CC1. The minimum absolute atomic E-state index is 0.0669. The molecule has 0 saturated heterocycles. The number of carbonyl (C=O) groups is 3. The van der Waals surface area contributed by atoms with Crippen molar-refractivity contribution in [1.29, 1.82) is 0 Å². The number of carbonyl (C=O) groups excluding carboxylic acids is 2. The van der Waals surface area contributed by atoms with Crippen LogP contribution in [0.2, 0.25) is 0 Å². The average molecular weight is 438 g/mol. The number of nitrogens with zero attached hydrogens (tertiary/aromatic N) is 1. The molecule has 1 saturated carbocycles. The number of carboxylic acids is 1. The number of amides is 2. The third-order valence-corrected chi connectivity index (χ3v) is 5.85. The molecule has 2 aromatic carbocycles. The number of aliphatic hydroxyl groups excluding tert-OH is 1. The standard InChI is InChI=1S/C24H26N2O6/c27-16(11-22(28)26(13-23(29)30)15-9-10-15)12-25-24(31)32-14-21-19-7-3-1-5-17(19)18-6-2-4-8-20(18)21/h1-8,15-16,21,27H,9-14H2,(H,25,31)(H,29,30). The van der Waals surface area contributed by atoms with Crippen molar-refractivity contribution in [2.45, 2.75) is 37.3 Å². The maximum absolute atomic E-state index is 12.3. The lowest BCUT2D eigenvalue weighted by Crippen LogP contribution is -2.41. The largest absolute Gasteiger partial charge is 0.480 e. The van der Waals surface area contributed by atoms with Crippen LogP contribution in [0, 0.1) is 0 Å². The molecule has 1 atom stereocenters. The molecule has 2 aliphatic carbocycles. The fourth-order valence-corrected chi connectivity index (χ4v) is 4.19. The van der Waals surface area contributed by atoms with Crippen molar-refractivity contribution >= 4 is 18.0 Å². The predicted molar refractivity (Wildman–Crippen MR) is 116 cm³/mol. The number of aliphatic carboxylic acids is 1. The highest BCUT2D eigenvalue weighted by Crippen LogP contribution is 2.44. The van der Waals surface area contributed by atoms with E-state index < -0.39 is 24.1 Å². The van der Waals surface area contributed by atoms with Gasteiger partial charge in [-0.15, -0.1) is 0 Å². The van der Waals surface area contributed by atoms with Crippen LogP contribution < -0.4 is 5.32 Å². The molecule has 0 radical (unpaired) electrons. The first-order valence-corrected chi connectivity index (χ1v) is 10.7. The molecule has 0 aromatic heterocycles. The Hall–Kier alpha value is -3.39. The topological polar surface area (TPSA) is 116 Å². The third-order valence-electron chi connectivity index (χ3n) is 5.85. The minimum atomic E-state index is -1.13. The molecule has 1 unspecified atom stereocenters. The Kier molecular flexibility index (Phi) is 6.41. The Morgan fingerprint density at radius 2 is 1.62 bits per heavy atom. The number of nitrogens with one attached hydrogen (secondary N) is 1. The second-order valence-electron chi connectivity index (χ2n) is 8.21. The molecule has 8 heteroatoms. The number of ether oxygens (including phenoxy) is 1. The molecule has 0 bridgehead atoms. The second-order valence-corrected chi connectivity index (χ2v) is 8.21. The van der Waals surface area contributed by atoms with Crippen molar-refractivity contribution in [2.75, 3.05) is 19.7 Å². The third kappa shape index (κ3) is 4.91. The van der Waals surface area contributed by atoms with E-state index in [1.807, 2.05) is 36.4 Å². The Bertz CT molecular complexity index is 974. The van der Waals surface area contributed by atoms with Crippen LogP contribution in [0.5, 0.6) is 0 Å². The lowest BCUT2D eigenvalue weighted by Gasteiger charge is -2.22. The van der Waals surface area contributed by atoms with E-state index in [4.69, 9.17) is 9.84 Å². The molecule has 168 valence electrons. The van der Waals surface area contributed by atoms with Crippen LogP contribution in [0.15, 0.2) is 48.5 Å². The van der Waals surface area contributed by atoms with E-state index >= 15 is 0 Å². The van der Waals surface area contributed by atoms with Gasteiger partial charge in [-0.05, 0) is 35.1 Å². The Balaban J connectivity index is 1.27. The summed E-state index contributed by atoms with van der Waals surface area (Å²) in [5.74, 6) is -1.59. The Morgan fingerprint density at radius 1 is 1.03 bits per heavy atom. The van der Waals surface area contributed by atoms with Gasteiger partial charge in [0.25, 0.3) is 0 Å². The zero-order valence-corrected chi connectivity index (χ0v) is 17.6. The number of benzene rings is 2. The molecule has 0 aliphatic heterocycles. The van der Waals surface area contributed by atoms with Gasteiger partial charge in [-0.1, -0.05) is 48.5 Å². The number of rotatable bonds is 9. The number of carboxylic acid groups (broad SMARTS) is 1. The molecule has 0 spiro atoms. The summed E-state index contributed by atoms with van der Waals surface area (Å²) in [7, 11) is 0. The summed E-state index contributed by atoms with van der Waals surface area (Å²) in [4.78, 5) is 36.7. The van der Waals surface area contributed by atoms with Crippen molar-refractivity contribution in [3.05, 3.63) is 59.7 Å². The van der Waals surface area contributed by atoms with Crippen molar-refractivity contribution in [1.82, 2.24) is 10.2 Å². The number of hydrogen-bond acceptors (Lipinski definition) is 5. The first-order valence-electron chi connectivity index (χ1n) is 10.7. The van der Waals surface area contributed by atoms with Crippen LogP contribution in [0.25, 0.3) is 11.1 Å². The molecular weight excluding hydrogens is 412 g/mol. The molecule has 2 amide bonds. The highest BCUT2D eigenvalue weighted by molar-refractivity contribution is 5.82. The molecule has 32 heavy (non-hydrogen) atoms. The molecule has 3 N–H and O–H groups in total. The van der Waals surface area contributed by atoms with Crippen molar-refractivity contribution in [2.24, 2.45) is 0 Å². The summed E-state index contributed by atoms with van der Waals surface area (Å²) in [5, 5.41) is 21.6. The zero-order valence-electron chi connectivity index (χ0n) is 17.6. The molecular formula is C24H26N2O6. The van der Waals surface area contributed by atoms with Gasteiger partial charge in [-0.3, -0.25) is 9.59 Å². The maximum atomic E-state index is 12.3. The van der Waals surface area contributed by atoms with E-state index in [2.05, 4.69) is 17.4 Å². The Labute approximate surface area is 185 Å². The molecule has 1 fully saturated rings. The van der Waals surface area contributed by atoms with Crippen molar-refractivity contribution < 1.29 is 29.3 Å². The fraction of sp³-hybridized carbons (Fsp3) is 0.375. The normalized spacial score (nSPS) is 15.4. The van der Waals surface area contributed by atoms with E-state index in [1.54, 1.807) is 0 Å². The highest BCUT2D eigenvalue weighted by atomic mass is 16.5. The molecule has 0 heterocycles. The van der Waals surface area contributed by atoms with Crippen LogP contribution in [0.4, 0.5) is 4.79 Å². The quantitative estimate of drug-likeness (QED) is 0.554. The van der Waals surface area contributed by atoms with E-state index in [9.17, 15) is 19.5 Å². The molecule has 8 nitrogen and oxygen atoms in total. The summed E-state index contributed by atoms with van der Waals surface area (Å²) >= 11 is 0. The average Bonchev–Trinajstić information content (AvgIpc) is 3.57. The minimum Gasteiger partial charge on any atom is -0.480 e. The summed E-state index contributed by atoms with van der Waals surface area (Å²) < 4.78 is 5.41. The van der Waals surface area contributed by atoms with Gasteiger partial charge in [-0.25, -0.2) is 4.79 Å². The first kappa shape index (κ1) is 21.8. The Morgan fingerprint density at radius 3 is 2.19 bits per heavy atom. The van der Waals surface area contributed by atoms with Gasteiger partial charge >= 0.3 is 12.1 Å². The van der Waals surface area contributed by atoms with Gasteiger partial charge in [0, 0.05) is 18.5 Å². The van der Waals surface area contributed by atoms with Crippen LogP contribution >= 0.6 is 0 Å². The van der Waals surface area contributed by atoms with Gasteiger partial charge in [0.05, 0.1) is 12.5 Å². The number of fused-ring (bicyclic) bond motifs is 3. The first-order chi connectivity index (χ1) is 15.4. The zero-order chi connectivity index (χ0) is 22.7. The van der Waals surface area contributed by atoms with Crippen molar-refractivity contribution in [3.8, 4) is 11.1 Å². The van der Waals surface area contributed by atoms with E-state index in [1.165, 1.54) is 4.90 Å². The van der Waals surface area contributed by atoms with Gasteiger partial charge in [-0.2, -0.15) is 0 Å². The molecule has 4 rings (SSSR count). The lowest BCUT2D eigenvalue weighted by atomic mass is 9.98. The van der Waals surface area contributed by atoms with Gasteiger partial charge in [0.1, 0.15) is 13.2 Å². The van der Waals surface area contributed by atoms with Crippen LogP contribution in [-0.2, 0) is 14.3 Å². The van der Waals surface area contributed by atoms with Crippen LogP contribution in [-0.4, -0.2) is 64.9 Å². The van der Waals surface area contributed by atoms with E-state index in [0.29, 0.717) is 0 Å². The number of hydrogen-bond donors (Lipinski definition) is 3. The van der Waals surface area contributed by atoms with E-state index in [0.717, 1.165) is 35.1 Å². The van der Waals surface area contributed by atoms with Crippen molar-refractivity contribution in [3.63, 3.8) is 0 Å². The fourth-order valence-electron chi connectivity index (χ4n) is 4.19. The molecule has 2 aromatic rings. The highest BCUT2D eigenvalue weighted by Gasteiger charge is 2.34. The summed E-state index contributed by atoms with van der Waals surface area (Å²) in [6, 6.07) is 16.0. The summed E-state index contributed by atoms with van der Waals surface area (Å²) in [5.41, 5.74) is 4.47. The van der Waals surface area contributed by atoms with Gasteiger partial charge < -0.3 is 25.2 Å². The lowest BCUT2D eigenvalue weighted by molar-refractivity contribution is -0.145. The van der Waals surface area contributed by atoms with Gasteiger partial charge in [0.15, 0.2) is 0 Å². The predicted octanol–water partition coefficient (Wildman–Crippen LogP) is 2.35.